The molecular formula is C14H25N3O2. The molecule has 0 aliphatic carbocycles. The van der Waals surface area contributed by atoms with Crippen LogP contribution in [-0.4, -0.2) is 35.2 Å². The molecule has 19 heavy (non-hydrogen) atoms. The number of rotatable bonds is 1. The largest absolute Gasteiger partial charge is 0.375 e. The maximum Gasteiger partial charge on any atom is 0.254 e. The molecule has 2 aliphatic rings. The molecule has 2 heterocycles. The van der Waals surface area contributed by atoms with Gasteiger partial charge in [0.15, 0.2) is 5.96 Å². The van der Waals surface area contributed by atoms with E-state index in [9.17, 15) is 4.79 Å². The number of ether oxygens (including phenoxy) is 1. The average Bonchev–Trinajstić information content (AvgIpc) is 2.52. The summed E-state index contributed by atoms with van der Waals surface area (Å²) in [5.41, 5.74) is -1.01. The van der Waals surface area contributed by atoms with Gasteiger partial charge in [-0.05, 0) is 34.1 Å². The quantitative estimate of drug-likeness (QED) is 0.758. The Morgan fingerprint density at radius 2 is 2.16 bits per heavy atom. The van der Waals surface area contributed by atoms with Gasteiger partial charge >= 0.3 is 0 Å². The lowest BCUT2D eigenvalue weighted by atomic mass is 9.79. The lowest BCUT2D eigenvalue weighted by molar-refractivity contribution is -0.137. The van der Waals surface area contributed by atoms with Crippen LogP contribution >= 0.6 is 0 Å². The molecule has 2 N–H and O–H groups in total. The Bertz CT molecular complexity index is 413. The number of aliphatic imine (C=N–C) groups is 1. The summed E-state index contributed by atoms with van der Waals surface area (Å²) in [7, 11) is 0. The molecule has 1 spiro atoms. The monoisotopic (exact) mass is 267 g/mol. The minimum atomic E-state index is -0.642. The molecule has 2 aliphatic heterocycles. The molecule has 0 saturated carbocycles. The Morgan fingerprint density at radius 3 is 2.74 bits per heavy atom. The topological polar surface area (TPSA) is 62.7 Å². The predicted octanol–water partition coefficient (Wildman–Crippen LogP) is 1.58. The summed E-state index contributed by atoms with van der Waals surface area (Å²) < 4.78 is 5.82. The molecule has 0 radical (unpaired) electrons. The van der Waals surface area contributed by atoms with Crippen LogP contribution < -0.4 is 10.6 Å². The zero-order chi connectivity index (χ0) is 14.3. The van der Waals surface area contributed by atoms with Crippen molar-refractivity contribution in [2.24, 2.45) is 4.99 Å². The Morgan fingerprint density at radius 1 is 1.47 bits per heavy atom. The predicted molar refractivity (Wildman–Crippen MR) is 75.1 cm³/mol. The van der Waals surface area contributed by atoms with Crippen molar-refractivity contribution in [1.82, 2.24) is 10.6 Å². The highest BCUT2D eigenvalue weighted by atomic mass is 16.5. The summed E-state index contributed by atoms with van der Waals surface area (Å²) in [5, 5.41) is 6.12. The molecular weight excluding hydrogens is 242 g/mol. The number of amides is 1. The third-order valence-corrected chi connectivity index (χ3v) is 3.85. The Hall–Kier alpha value is -1.10. The van der Waals surface area contributed by atoms with E-state index < -0.39 is 5.54 Å². The number of nitrogens with one attached hydrogen (secondary N) is 2. The van der Waals surface area contributed by atoms with E-state index in [1.165, 1.54) is 0 Å². The summed E-state index contributed by atoms with van der Waals surface area (Å²) in [4.78, 5) is 17.0. The van der Waals surface area contributed by atoms with Gasteiger partial charge in [0.05, 0.1) is 12.2 Å². The molecule has 2 atom stereocenters. The van der Waals surface area contributed by atoms with Gasteiger partial charge < -0.3 is 10.1 Å². The Labute approximate surface area is 115 Å². The molecule has 5 nitrogen and oxygen atoms in total. The smallest absolute Gasteiger partial charge is 0.254 e. The average molecular weight is 267 g/mol. The van der Waals surface area contributed by atoms with Gasteiger partial charge in [-0.15, -0.1) is 0 Å². The van der Waals surface area contributed by atoms with Crippen molar-refractivity contribution in [3.63, 3.8) is 0 Å². The van der Waals surface area contributed by atoms with Gasteiger partial charge in [-0.1, -0.05) is 6.92 Å². The third-order valence-electron chi connectivity index (χ3n) is 3.85. The van der Waals surface area contributed by atoms with Crippen LogP contribution in [-0.2, 0) is 9.53 Å². The molecule has 1 saturated heterocycles. The molecule has 108 valence electrons. The van der Waals surface area contributed by atoms with E-state index in [-0.39, 0.29) is 17.0 Å². The molecule has 0 aromatic carbocycles. The molecule has 0 bridgehead atoms. The Kier molecular flexibility index (Phi) is 3.37. The van der Waals surface area contributed by atoms with Gasteiger partial charge in [0, 0.05) is 18.4 Å². The molecule has 0 aromatic rings. The van der Waals surface area contributed by atoms with Crippen molar-refractivity contribution in [2.75, 3.05) is 6.61 Å². The lowest BCUT2D eigenvalue weighted by Crippen LogP contribution is -2.52. The zero-order valence-corrected chi connectivity index (χ0v) is 12.6. The highest BCUT2D eigenvalue weighted by Crippen LogP contribution is 2.38. The summed E-state index contributed by atoms with van der Waals surface area (Å²) in [6, 6.07) is 0. The van der Waals surface area contributed by atoms with Crippen molar-refractivity contribution >= 4 is 11.9 Å². The van der Waals surface area contributed by atoms with E-state index in [2.05, 4.69) is 29.5 Å². The summed E-state index contributed by atoms with van der Waals surface area (Å²) in [6.45, 7) is 10.9. The fraction of sp³-hybridized carbons (Fsp3) is 0.857. The van der Waals surface area contributed by atoms with Gasteiger partial charge in [-0.25, -0.2) is 4.99 Å². The fourth-order valence-corrected chi connectivity index (χ4v) is 2.67. The third kappa shape index (κ3) is 2.91. The maximum atomic E-state index is 12.3. The first-order valence-corrected chi connectivity index (χ1v) is 7.02. The van der Waals surface area contributed by atoms with Crippen LogP contribution in [0.3, 0.4) is 0 Å². The number of carbonyl (C=O) groups is 1. The van der Waals surface area contributed by atoms with Gasteiger partial charge in [0.2, 0.25) is 0 Å². The fourth-order valence-electron chi connectivity index (χ4n) is 2.67. The first-order valence-electron chi connectivity index (χ1n) is 7.02. The van der Waals surface area contributed by atoms with Crippen LogP contribution in [0.5, 0.6) is 0 Å². The lowest BCUT2D eigenvalue weighted by Gasteiger charge is -2.40. The Balaban J connectivity index is 2.21. The van der Waals surface area contributed by atoms with Crippen LogP contribution in [0.25, 0.3) is 0 Å². The number of carbonyl (C=O) groups excluding carboxylic acids is 1. The van der Waals surface area contributed by atoms with E-state index in [1.54, 1.807) is 0 Å². The van der Waals surface area contributed by atoms with Crippen molar-refractivity contribution in [3.8, 4) is 0 Å². The van der Waals surface area contributed by atoms with Crippen molar-refractivity contribution < 1.29 is 9.53 Å². The number of hydrogen-bond acceptors (Lipinski definition) is 4. The van der Waals surface area contributed by atoms with Crippen LogP contribution in [0.15, 0.2) is 4.99 Å². The van der Waals surface area contributed by atoms with E-state index >= 15 is 0 Å². The van der Waals surface area contributed by atoms with E-state index in [0.717, 1.165) is 6.42 Å². The molecule has 2 unspecified atom stereocenters. The normalized spacial score (nSPS) is 35.2. The van der Waals surface area contributed by atoms with Gasteiger partial charge in [0.25, 0.3) is 5.91 Å². The first-order chi connectivity index (χ1) is 8.68. The standard InChI is InChI=1S/C14H25N3O2/c1-6-13(5)9-14(7-8-19-13)10(18)15-11(17-14)16-12(2,3)4/h6-9H2,1-5H3,(H2,15,16,17,18). The highest BCUT2D eigenvalue weighted by Gasteiger charge is 2.51. The van der Waals surface area contributed by atoms with Crippen LogP contribution in [0.4, 0.5) is 0 Å². The minimum Gasteiger partial charge on any atom is -0.375 e. The van der Waals surface area contributed by atoms with Crippen molar-refractivity contribution in [2.45, 2.75) is 70.6 Å². The number of nitrogens with zero attached hydrogens (tertiary/aromatic N) is 1. The summed E-state index contributed by atoms with van der Waals surface area (Å²) in [6.07, 6.45) is 2.20. The van der Waals surface area contributed by atoms with E-state index in [1.807, 2.05) is 20.8 Å². The zero-order valence-electron chi connectivity index (χ0n) is 12.6. The van der Waals surface area contributed by atoms with E-state index in [0.29, 0.717) is 25.4 Å². The van der Waals surface area contributed by atoms with Gasteiger partial charge in [-0.3, -0.25) is 10.1 Å². The van der Waals surface area contributed by atoms with Gasteiger partial charge in [-0.2, -0.15) is 0 Å². The van der Waals surface area contributed by atoms with Crippen LogP contribution in [0, 0.1) is 0 Å². The van der Waals surface area contributed by atoms with Crippen LogP contribution in [0.2, 0.25) is 0 Å². The SMILES string of the molecule is CCC1(C)CC2(CCO1)N=C(NC(C)(C)C)NC2=O. The minimum absolute atomic E-state index is 0.00206. The molecule has 0 aromatic heterocycles. The maximum absolute atomic E-state index is 12.3. The molecule has 1 amide bonds. The van der Waals surface area contributed by atoms with Crippen molar-refractivity contribution in [3.05, 3.63) is 0 Å². The number of hydrogen-bond donors (Lipinski definition) is 2. The second kappa shape index (κ2) is 4.47. The second-order valence-electron chi connectivity index (χ2n) is 6.90. The first kappa shape index (κ1) is 14.3. The second-order valence-corrected chi connectivity index (χ2v) is 6.90. The summed E-state index contributed by atoms with van der Waals surface area (Å²) >= 11 is 0. The van der Waals surface area contributed by atoms with Crippen LogP contribution in [0.1, 0.15) is 53.9 Å². The summed E-state index contributed by atoms with van der Waals surface area (Å²) in [5.74, 6) is 0.597. The highest BCUT2D eigenvalue weighted by molar-refractivity contribution is 6.07. The van der Waals surface area contributed by atoms with Gasteiger partial charge in [0.1, 0.15) is 5.54 Å². The van der Waals surface area contributed by atoms with E-state index in [4.69, 9.17) is 4.74 Å². The van der Waals surface area contributed by atoms with Crippen molar-refractivity contribution in [1.29, 1.82) is 0 Å². The molecule has 2 rings (SSSR count). The number of guanidine groups is 1. The molecule has 1 fully saturated rings. The molecule has 5 heteroatoms.